The molecule has 0 bridgehead atoms. The van der Waals surface area contributed by atoms with Crippen LogP contribution in [0.25, 0.3) is 11.0 Å². The van der Waals surface area contributed by atoms with Crippen LogP contribution in [-0.2, 0) is 0 Å². The zero-order valence-electron chi connectivity index (χ0n) is 8.98. The second-order valence-electron chi connectivity index (χ2n) is 4.08. The molecule has 0 saturated carbocycles. The van der Waals surface area contributed by atoms with Crippen molar-refractivity contribution in [2.75, 3.05) is 18.4 Å². The molecule has 16 heavy (non-hydrogen) atoms. The van der Waals surface area contributed by atoms with Crippen molar-refractivity contribution in [1.29, 1.82) is 0 Å². The molecule has 0 aliphatic carbocycles. The third kappa shape index (κ3) is 1.84. The van der Waals surface area contributed by atoms with Crippen LogP contribution in [0.4, 0.5) is 5.82 Å². The van der Waals surface area contributed by atoms with E-state index in [0.29, 0.717) is 6.04 Å². The Morgan fingerprint density at radius 1 is 1.25 bits per heavy atom. The Labute approximate surface area is 94.1 Å². The van der Waals surface area contributed by atoms with Crippen LogP contribution >= 0.6 is 0 Å². The molecule has 82 valence electrons. The number of fused-ring (bicyclic) bond motifs is 1. The Balaban J connectivity index is 1.86. The third-order valence-corrected chi connectivity index (χ3v) is 2.86. The first-order valence-electron chi connectivity index (χ1n) is 5.61. The van der Waals surface area contributed by atoms with E-state index in [0.717, 1.165) is 36.4 Å². The van der Waals surface area contributed by atoms with E-state index < -0.39 is 0 Å². The molecule has 1 aromatic heterocycles. The summed E-state index contributed by atoms with van der Waals surface area (Å²) in [6.45, 7) is 2.09. The summed E-state index contributed by atoms with van der Waals surface area (Å²) in [4.78, 5) is 8.92. The van der Waals surface area contributed by atoms with Crippen molar-refractivity contribution < 1.29 is 0 Å². The Kier molecular flexibility index (Phi) is 2.42. The molecule has 0 amide bonds. The number of aromatic nitrogens is 2. The molecule has 2 heterocycles. The fourth-order valence-electron chi connectivity index (χ4n) is 2.01. The average Bonchev–Trinajstić information content (AvgIpc) is 2.82. The lowest BCUT2D eigenvalue weighted by molar-refractivity contribution is 0.788. The molecule has 2 aromatic rings. The van der Waals surface area contributed by atoms with E-state index in [2.05, 4.69) is 20.6 Å². The number of hydrogen-bond donors (Lipinski definition) is 2. The molecule has 1 aromatic carbocycles. The number of hydrogen-bond acceptors (Lipinski definition) is 4. The van der Waals surface area contributed by atoms with Gasteiger partial charge in [-0.1, -0.05) is 12.1 Å². The average molecular weight is 214 g/mol. The highest BCUT2D eigenvalue weighted by molar-refractivity contribution is 5.75. The summed E-state index contributed by atoms with van der Waals surface area (Å²) in [7, 11) is 0. The molecule has 1 aliphatic rings. The molecule has 4 heteroatoms. The van der Waals surface area contributed by atoms with Crippen LogP contribution in [0.15, 0.2) is 30.5 Å². The van der Waals surface area contributed by atoms with E-state index >= 15 is 0 Å². The zero-order chi connectivity index (χ0) is 10.8. The number of nitrogens with one attached hydrogen (secondary N) is 2. The van der Waals surface area contributed by atoms with Crippen molar-refractivity contribution in [3.8, 4) is 0 Å². The molecule has 1 saturated heterocycles. The second kappa shape index (κ2) is 4.06. The highest BCUT2D eigenvalue weighted by Gasteiger charge is 2.14. The first-order valence-corrected chi connectivity index (χ1v) is 5.61. The Hall–Kier alpha value is -1.68. The second-order valence-corrected chi connectivity index (χ2v) is 4.08. The van der Waals surface area contributed by atoms with Crippen LogP contribution in [0, 0.1) is 0 Å². The molecule has 3 rings (SSSR count). The molecular weight excluding hydrogens is 200 g/mol. The molecule has 0 unspecified atom stereocenters. The van der Waals surface area contributed by atoms with E-state index in [-0.39, 0.29) is 0 Å². The number of benzene rings is 1. The summed E-state index contributed by atoms with van der Waals surface area (Å²) in [5, 5.41) is 6.72. The fraction of sp³-hybridized carbons (Fsp3) is 0.333. The van der Waals surface area contributed by atoms with E-state index in [4.69, 9.17) is 0 Å². The maximum Gasteiger partial charge on any atom is 0.145 e. The fourth-order valence-corrected chi connectivity index (χ4v) is 2.01. The van der Waals surface area contributed by atoms with Crippen molar-refractivity contribution in [1.82, 2.24) is 15.3 Å². The van der Waals surface area contributed by atoms with Gasteiger partial charge in [0.1, 0.15) is 5.82 Å². The Morgan fingerprint density at radius 2 is 2.12 bits per heavy atom. The van der Waals surface area contributed by atoms with Gasteiger partial charge in [-0.25, -0.2) is 4.98 Å². The van der Waals surface area contributed by atoms with Crippen molar-refractivity contribution in [2.24, 2.45) is 0 Å². The number of nitrogens with zero attached hydrogens (tertiary/aromatic N) is 2. The minimum absolute atomic E-state index is 0.482. The van der Waals surface area contributed by atoms with Crippen LogP contribution in [0.5, 0.6) is 0 Å². The quantitative estimate of drug-likeness (QED) is 0.793. The maximum absolute atomic E-state index is 4.54. The maximum atomic E-state index is 4.54. The minimum atomic E-state index is 0.482. The molecular formula is C12H14N4. The third-order valence-electron chi connectivity index (χ3n) is 2.86. The summed E-state index contributed by atoms with van der Waals surface area (Å²) in [6.07, 6.45) is 2.95. The molecule has 2 N–H and O–H groups in total. The van der Waals surface area contributed by atoms with Crippen LogP contribution in [0.3, 0.4) is 0 Å². The smallest absolute Gasteiger partial charge is 0.145 e. The summed E-state index contributed by atoms with van der Waals surface area (Å²) in [6, 6.07) is 8.41. The van der Waals surface area contributed by atoms with Gasteiger partial charge in [0, 0.05) is 12.6 Å². The molecule has 4 nitrogen and oxygen atoms in total. The van der Waals surface area contributed by atoms with Gasteiger partial charge in [-0.3, -0.25) is 4.98 Å². The lowest BCUT2D eigenvalue weighted by Crippen LogP contribution is -2.22. The summed E-state index contributed by atoms with van der Waals surface area (Å²) < 4.78 is 0. The van der Waals surface area contributed by atoms with Crippen molar-refractivity contribution in [3.63, 3.8) is 0 Å². The van der Waals surface area contributed by atoms with Gasteiger partial charge in [0.15, 0.2) is 0 Å². The molecule has 0 radical (unpaired) electrons. The zero-order valence-corrected chi connectivity index (χ0v) is 8.98. The Morgan fingerprint density at radius 3 is 2.94 bits per heavy atom. The van der Waals surface area contributed by atoms with Gasteiger partial charge in [0.2, 0.25) is 0 Å². The molecule has 1 atom stereocenters. The van der Waals surface area contributed by atoms with Gasteiger partial charge in [0.25, 0.3) is 0 Å². The van der Waals surface area contributed by atoms with E-state index in [1.54, 1.807) is 6.20 Å². The highest BCUT2D eigenvalue weighted by atomic mass is 15.1. The lowest BCUT2D eigenvalue weighted by atomic mass is 10.2. The molecule has 1 aliphatic heterocycles. The van der Waals surface area contributed by atoms with Crippen molar-refractivity contribution in [3.05, 3.63) is 30.5 Å². The molecule has 1 fully saturated rings. The Bertz CT molecular complexity index is 491. The van der Waals surface area contributed by atoms with E-state index in [1.807, 2.05) is 24.3 Å². The van der Waals surface area contributed by atoms with Gasteiger partial charge in [-0.05, 0) is 25.1 Å². The van der Waals surface area contributed by atoms with Gasteiger partial charge in [0.05, 0.1) is 17.2 Å². The van der Waals surface area contributed by atoms with Gasteiger partial charge < -0.3 is 10.6 Å². The lowest BCUT2D eigenvalue weighted by Gasteiger charge is -2.11. The van der Waals surface area contributed by atoms with Crippen molar-refractivity contribution >= 4 is 16.9 Å². The topological polar surface area (TPSA) is 49.8 Å². The summed E-state index contributed by atoms with van der Waals surface area (Å²) in [5.74, 6) is 0.868. The van der Waals surface area contributed by atoms with Crippen LogP contribution in [-0.4, -0.2) is 29.1 Å². The minimum Gasteiger partial charge on any atom is -0.365 e. The van der Waals surface area contributed by atoms with Gasteiger partial charge in [-0.15, -0.1) is 0 Å². The summed E-state index contributed by atoms with van der Waals surface area (Å²) in [5.41, 5.74) is 1.89. The van der Waals surface area contributed by atoms with Gasteiger partial charge >= 0.3 is 0 Å². The number of rotatable bonds is 2. The van der Waals surface area contributed by atoms with Crippen LogP contribution < -0.4 is 10.6 Å². The van der Waals surface area contributed by atoms with Crippen molar-refractivity contribution in [2.45, 2.75) is 12.5 Å². The van der Waals surface area contributed by atoms with Crippen LogP contribution in [0.2, 0.25) is 0 Å². The standard InChI is InChI=1S/C12H14N4/c1-2-4-11-10(3-1)14-8-12(16-11)15-9-5-6-13-7-9/h1-4,8-9,13H,5-7H2,(H,15,16)/t9-/m0/s1. The van der Waals surface area contributed by atoms with Crippen LogP contribution in [0.1, 0.15) is 6.42 Å². The highest BCUT2D eigenvalue weighted by Crippen LogP contribution is 2.13. The summed E-state index contributed by atoms with van der Waals surface area (Å²) >= 11 is 0. The number of anilines is 1. The van der Waals surface area contributed by atoms with E-state index in [9.17, 15) is 0 Å². The monoisotopic (exact) mass is 214 g/mol. The first-order chi connectivity index (χ1) is 7.92. The molecule has 0 spiro atoms. The first kappa shape index (κ1) is 9.54. The predicted octanol–water partition coefficient (Wildman–Crippen LogP) is 1.40. The number of para-hydroxylation sites is 2. The largest absolute Gasteiger partial charge is 0.365 e. The SMILES string of the molecule is c1ccc2nc(N[C@H]3CCNC3)cnc2c1. The predicted molar refractivity (Wildman–Crippen MR) is 64.4 cm³/mol. The van der Waals surface area contributed by atoms with Gasteiger partial charge in [-0.2, -0.15) is 0 Å². The normalized spacial score (nSPS) is 20.1. The van der Waals surface area contributed by atoms with E-state index in [1.165, 1.54) is 0 Å².